The van der Waals surface area contributed by atoms with Crippen molar-refractivity contribution in [1.29, 1.82) is 0 Å². The number of carbonyl (C=O) groups is 1. The quantitative estimate of drug-likeness (QED) is 0.792. The number of amides is 1. The largest absolute Gasteiger partial charge is 0.350 e. The third kappa shape index (κ3) is 5.56. The molecule has 0 saturated heterocycles. The number of sulfonamides is 1. The molecule has 0 aliphatic carbocycles. The number of hydrogen-bond acceptors (Lipinski definition) is 4. The number of hydrogen-bond donors (Lipinski definition) is 2. The Morgan fingerprint density at radius 3 is 2.52 bits per heavy atom. The molecule has 6 nitrogen and oxygen atoms in total. The Balaban J connectivity index is 2.82. The molecule has 1 aromatic rings. The molecule has 0 bridgehead atoms. The van der Waals surface area contributed by atoms with Gasteiger partial charge in [-0.1, -0.05) is 0 Å². The molecule has 1 rings (SSSR count). The highest BCUT2D eigenvalue weighted by molar-refractivity contribution is 7.89. The van der Waals surface area contributed by atoms with Gasteiger partial charge < -0.3 is 5.32 Å². The summed E-state index contributed by atoms with van der Waals surface area (Å²) in [6.07, 6.45) is 2.23. The maximum atomic E-state index is 12.1. The highest BCUT2D eigenvalue weighted by atomic mass is 32.2. The standard InChI is InChI=1S/C13H20N2O4S2/c1-9-8-11(21(14,18)19)4-5-12(9)13(16)15-10(2)6-7-20(3)17/h4-5,8,10H,6-7H2,1-3H3,(H,15,16)(H2,14,18,19). The SMILES string of the molecule is Cc1cc(S(N)(=O)=O)ccc1C(=O)NC(C)CCS(C)=O. The van der Waals surface area contributed by atoms with E-state index in [0.29, 0.717) is 23.3 Å². The normalized spacial score (nSPS) is 14.5. The molecule has 0 aromatic heterocycles. The minimum absolute atomic E-state index is 0.0222. The van der Waals surface area contributed by atoms with Gasteiger partial charge in [-0.05, 0) is 44.0 Å². The van der Waals surface area contributed by atoms with Crippen LogP contribution in [0.4, 0.5) is 0 Å². The monoisotopic (exact) mass is 332 g/mol. The van der Waals surface area contributed by atoms with Gasteiger partial charge in [0.15, 0.2) is 0 Å². The van der Waals surface area contributed by atoms with Crippen molar-refractivity contribution >= 4 is 26.7 Å². The predicted octanol–water partition coefficient (Wildman–Crippen LogP) is 0.529. The number of primary sulfonamides is 1. The van der Waals surface area contributed by atoms with E-state index in [4.69, 9.17) is 5.14 Å². The van der Waals surface area contributed by atoms with Gasteiger partial charge in [0.1, 0.15) is 0 Å². The second-order valence-electron chi connectivity index (χ2n) is 4.96. The fraction of sp³-hybridized carbons (Fsp3) is 0.462. The topological polar surface area (TPSA) is 106 Å². The third-order valence-corrected chi connectivity index (χ3v) is 4.71. The minimum Gasteiger partial charge on any atom is -0.350 e. The van der Waals surface area contributed by atoms with Crippen molar-refractivity contribution in [2.45, 2.75) is 31.2 Å². The Hall–Kier alpha value is -1.25. The summed E-state index contributed by atoms with van der Waals surface area (Å²) in [5.74, 6) is 0.230. The van der Waals surface area contributed by atoms with E-state index < -0.39 is 20.8 Å². The Morgan fingerprint density at radius 1 is 1.43 bits per heavy atom. The zero-order valence-electron chi connectivity index (χ0n) is 12.3. The molecule has 0 aliphatic heterocycles. The molecule has 0 radical (unpaired) electrons. The van der Waals surface area contributed by atoms with Crippen LogP contribution < -0.4 is 10.5 Å². The van der Waals surface area contributed by atoms with E-state index >= 15 is 0 Å². The smallest absolute Gasteiger partial charge is 0.251 e. The lowest BCUT2D eigenvalue weighted by molar-refractivity contribution is 0.0938. The van der Waals surface area contributed by atoms with E-state index in [-0.39, 0.29) is 16.8 Å². The molecule has 1 aromatic carbocycles. The summed E-state index contributed by atoms with van der Waals surface area (Å²) in [6, 6.07) is 4.01. The molecule has 0 saturated carbocycles. The van der Waals surface area contributed by atoms with Gasteiger partial charge in [0.05, 0.1) is 4.90 Å². The van der Waals surface area contributed by atoms with Crippen LogP contribution in [0.15, 0.2) is 23.1 Å². The molecule has 21 heavy (non-hydrogen) atoms. The summed E-state index contributed by atoms with van der Waals surface area (Å²) in [5, 5.41) is 7.84. The van der Waals surface area contributed by atoms with Gasteiger partial charge in [-0.3, -0.25) is 9.00 Å². The molecule has 1 amide bonds. The van der Waals surface area contributed by atoms with Gasteiger partial charge in [0.25, 0.3) is 5.91 Å². The van der Waals surface area contributed by atoms with Gasteiger partial charge in [0, 0.05) is 34.4 Å². The second kappa shape index (κ2) is 7.15. The number of carbonyl (C=O) groups excluding carboxylic acids is 1. The summed E-state index contributed by atoms with van der Waals surface area (Å²) in [6.45, 7) is 3.48. The molecule has 0 fully saturated rings. The van der Waals surface area contributed by atoms with Gasteiger partial charge in [-0.15, -0.1) is 0 Å². The maximum Gasteiger partial charge on any atom is 0.251 e. The second-order valence-corrected chi connectivity index (χ2v) is 8.08. The number of benzene rings is 1. The van der Waals surface area contributed by atoms with Crippen molar-refractivity contribution in [1.82, 2.24) is 5.32 Å². The first-order valence-corrected chi connectivity index (χ1v) is 9.63. The van der Waals surface area contributed by atoms with Crippen LogP contribution in [0, 0.1) is 6.92 Å². The number of aryl methyl sites for hydroxylation is 1. The van der Waals surface area contributed by atoms with Gasteiger partial charge in [-0.25, -0.2) is 13.6 Å². The van der Waals surface area contributed by atoms with Crippen LogP contribution in [-0.2, 0) is 20.8 Å². The Kier molecular flexibility index (Phi) is 6.06. The third-order valence-electron chi connectivity index (χ3n) is 2.99. The molecule has 8 heteroatoms. The molecule has 2 atom stereocenters. The summed E-state index contributed by atoms with van der Waals surface area (Å²) >= 11 is 0. The molecular formula is C13H20N2O4S2. The van der Waals surface area contributed by atoms with Crippen molar-refractivity contribution in [3.05, 3.63) is 29.3 Å². The van der Waals surface area contributed by atoms with E-state index in [2.05, 4.69) is 5.32 Å². The van der Waals surface area contributed by atoms with Crippen LogP contribution in [0.1, 0.15) is 29.3 Å². The molecular weight excluding hydrogens is 312 g/mol. The van der Waals surface area contributed by atoms with Crippen LogP contribution in [-0.4, -0.2) is 36.6 Å². The summed E-state index contributed by atoms with van der Waals surface area (Å²) in [5.41, 5.74) is 0.928. The van der Waals surface area contributed by atoms with Crippen LogP contribution in [0.25, 0.3) is 0 Å². The van der Waals surface area contributed by atoms with E-state index in [1.165, 1.54) is 18.2 Å². The van der Waals surface area contributed by atoms with E-state index in [0.717, 1.165) is 0 Å². The first kappa shape index (κ1) is 17.8. The lowest BCUT2D eigenvalue weighted by atomic mass is 10.1. The molecule has 0 heterocycles. The lowest BCUT2D eigenvalue weighted by Gasteiger charge is -2.14. The van der Waals surface area contributed by atoms with Crippen molar-refractivity contribution in [2.24, 2.45) is 5.14 Å². The average Bonchev–Trinajstić information content (AvgIpc) is 2.34. The molecule has 2 unspecified atom stereocenters. The molecule has 118 valence electrons. The molecule has 0 aliphatic rings. The fourth-order valence-corrected chi connectivity index (χ4v) is 3.07. The van der Waals surface area contributed by atoms with Crippen molar-refractivity contribution < 1.29 is 17.4 Å². The van der Waals surface area contributed by atoms with E-state index in [9.17, 15) is 17.4 Å². The van der Waals surface area contributed by atoms with Gasteiger partial charge >= 0.3 is 0 Å². The van der Waals surface area contributed by atoms with Crippen molar-refractivity contribution in [3.8, 4) is 0 Å². The number of nitrogens with two attached hydrogens (primary N) is 1. The zero-order valence-corrected chi connectivity index (χ0v) is 13.9. The minimum atomic E-state index is -3.77. The number of nitrogens with one attached hydrogen (secondary N) is 1. The Morgan fingerprint density at radius 2 is 2.05 bits per heavy atom. The first-order chi connectivity index (χ1) is 9.61. The molecule has 0 spiro atoms. The van der Waals surface area contributed by atoms with Crippen LogP contribution in [0.5, 0.6) is 0 Å². The van der Waals surface area contributed by atoms with Crippen molar-refractivity contribution in [2.75, 3.05) is 12.0 Å². The van der Waals surface area contributed by atoms with Crippen molar-refractivity contribution in [3.63, 3.8) is 0 Å². The highest BCUT2D eigenvalue weighted by Crippen LogP contribution is 2.14. The van der Waals surface area contributed by atoms with Gasteiger partial charge in [0.2, 0.25) is 10.0 Å². The van der Waals surface area contributed by atoms with Crippen LogP contribution in [0.3, 0.4) is 0 Å². The highest BCUT2D eigenvalue weighted by Gasteiger charge is 2.15. The lowest BCUT2D eigenvalue weighted by Crippen LogP contribution is -2.34. The Bertz CT molecular complexity index is 656. The fourth-order valence-electron chi connectivity index (χ4n) is 1.78. The van der Waals surface area contributed by atoms with E-state index in [1.54, 1.807) is 13.2 Å². The first-order valence-electron chi connectivity index (χ1n) is 6.35. The summed E-state index contributed by atoms with van der Waals surface area (Å²) in [7, 11) is -4.67. The predicted molar refractivity (Wildman–Crippen MR) is 83.0 cm³/mol. The van der Waals surface area contributed by atoms with Gasteiger partial charge in [-0.2, -0.15) is 0 Å². The molecule has 3 N–H and O–H groups in total. The summed E-state index contributed by atoms with van der Waals surface area (Å²) < 4.78 is 33.5. The summed E-state index contributed by atoms with van der Waals surface area (Å²) in [4.78, 5) is 12.1. The van der Waals surface area contributed by atoms with Crippen LogP contribution in [0.2, 0.25) is 0 Å². The van der Waals surface area contributed by atoms with Crippen LogP contribution >= 0.6 is 0 Å². The maximum absolute atomic E-state index is 12.1. The Labute approximate surface area is 127 Å². The number of rotatable bonds is 6. The zero-order chi connectivity index (χ0) is 16.2. The average molecular weight is 332 g/mol. The van der Waals surface area contributed by atoms with E-state index in [1.807, 2.05) is 6.92 Å².